The first-order valence-corrected chi connectivity index (χ1v) is 4.90. The molecule has 0 N–H and O–H groups in total. The fraction of sp³-hybridized carbons (Fsp3) is 0.222. The predicted octanol–water partition coefficient (Wildman–Crippen LogP) is 3.74. The van der Waals surface area contributed by atoms with E-state index in [0.29, 0.717) is 0 Å². The van der Waals surface area contributed by atoms with Crippen LogP contribution in [0.4, 0.5) is 4.39 Å². The largest absolute Gasteiger partial charge is 0.220 e. The number of halogens is 1. The van der Waals surface area contributed by atoms with Crippen LogP contribution >= 0.6 is 24.0 Å². The van der Waals surface area contributed by atoms with Crippen molar-refractivity contribution in [3.05, 3.63) is 35.9 Å². The highest BCUT2D eigenvalue weighted by atomic mass is 32.2. The molecular formula is C9H9FS2. The SMILES string of the molecule is CC(SC(F)=S)c1ccccc1. The third kappa shape index (κ3) is 2.91. The fourth-order valence-corrected chi connectivity index (χ4v) is 1.94. The van der Waals surface area contributed by atoms with Crippen molar-refractivity contribution < 1.29 is 4.39 Å². The summed E-state index contributed by atoms with van der Waals surface area (Å²) in [5, 5.41) is 0.101. The van der Waals surface area contributed by atoms with E-state index in [-0.39, 0.29) is 5.25 Å². The molecule has 0 nitrogen and oxygen atoms in total. The lowest BCUT2D eigenvalue weighted by Gasteiger charge is -2.07. The normalized spacial score (nSPS) is 12.5. The van der Waals surface area contributed by atoms with E-state index in [4.69, 9.17) is 0 Å². The Bertz CT molecular complexity index is 258. The molecule has 0 aliphatic rings. The van der Waals surface area contributed by atoms with Crippen LogP contribution in [-0.2, 0) is 0 Å². The Morgan fingerprint density at radius 1 is 1.42 bits per heavy atom. The average Bonchev–Trinajstić information content (AvgIpc) is 2.05. The molecule has 0 fully saturated rings. The third-order valence-corrected chi connectivity index (χ3v) is 2.64. The van der Waals surface area contributed by atoms with Crippen LogP contribution in [0, 0.1) is 0 Å². The minimum Gasteiger partial charge on any atom is -0.186 e. The molecule has 1 aromatic carbocycles. The molecule has 0 saturated heterocycles. The predicted molar refractivity (Wildman–Crippen MR) is 56.2 cm³/mol. The second-order valence-corrected chi connectivity index (χ2v) is 4.33. The van der Waals surface area contributed by atoms with Crippen molar-refractivity contribution in [3.63, 3.8) is 0 Å². The van der Waals surface area contributed by atoms with Crippen molar-refractivity contribution in [2.45, 2.75) is 12.2 Å². The first kappa shape index (κ1) is 9.68. The maximum Gasteiger partial charge on any atom is 0.220 e. The molecule has 3 heteroatoms. The van der Waals surface area contributed by atoms with Crippen LogP contribution < -0.4 is 0 Å². The Hall–Kier alpha value is -0.410. The van der Waals surface area contributed by atoms with Gasteiger partial charge in [0.05, 0.1) is 0 Å². The van der Waals surface area contributed by atoms with Gasteiger partial charge in [0, 0.05) is 5.25 Å². The number of benzene rings is 1. The van der Waals surface area contributed by atoms with Crippen LogP contribution in [0.5, 0.6) is 0 Å². The van der Waals surface area contributed by atoms with Gasteiger partial charge in [-0.25, -0.2) is 0 Å². The highest BCUT2D eigenvalue weighted by Crippen LogP contribution is 2.29. The molecule has 0 bridgehead atoms. The van der Waals surface area contributed by atoms with Gasteiger partial charge in [0.15, 0.2) is 0 Å². The molecule has 0 aliphatic carbocycles. The standard InChI is InChI=1S/C9H9FS2/c1-7(12-9(10)11)8-5-3-2-4-6-8/h2-7H,1H3. The first-order chi connectivity index (χ1) is 5.70. The van der Waals surface area contributed by atoms with Crippen molar-refractivity contribution in [2.75, 3.05) is 0 Å². The van der Waals surface area contributed by atoms with Crippen LogP contribution in [0.15, 0.2) is 30.3 Å². The molecule has 0 radical (unpaired) electrons. The Morgan fingerprint density at radius 3 is 2.50 bits per heavy atom. The van der Waals surface area contributed by atoms with E-state index >= 15 is 0 Å². The van der Waals surface area contributed by atoms with Crippen molar-refractivity contribution in [2.24, 2.45) is 0 Å². The smallest absolute Gasteiger partial charge is 0.186 e. The molecule has 0 heterocycles. The molecule has 1 aromatic rings. The van der Waals surface area contributed by atoms with Gasteiger partial charge in [-0.3, -0.25) is 0 Å². The lowest BCUT2D eigenvalue weighted by atomic mass is 10.2. The van der Waals surface area contributed by atoms with Crippen LogP contribution in [-0.4, -0.2) is 4.45 Å². The Morgan fingerprint density at radius 2 is 2.00 bits per heavy atom. The molecule has 0 aromatic heterocycles. The van der Waals surface area contributed by atoms with Gasteiger partial charge in [0.2, 0.25) is 4.45 Å². The second kappa shape index (κ2) is 4.58. The Balaban J connectivity index is 2.65. The number of thioether (sulfide) groups is 1. The number of hydrogen-bond acceptors (Lipinski definition) is 2. The van der Waals surface area contributed by atoms with Crippen LogP contribution in [0.1, 0.15) is 17.7 Å². The van der Waals surface area contributed by atoms with E-state index in [2.05, 4.69) is 12.2 Å². The average molecular weight is 200 g/mol. The van der Waals surface area contributed by atoms with Gasteiger partial charge >= 0.3 is 0 Å². The molecule has 0 saturated carbocycles. The highest BCUT2D eigenvalue weighted by molar-refractivity contribution is 8.22. The van der Waals surface area contributed by atoms with Crippen molar-refractivity contribution in [3.8, 4) is 0 Å². The zero-order valence-electron chi connectivity index (χ0n) is 6.66. The van der Waals surface area contributed by atoms with Crippen molar-refractivity contribution in [1.29, 1.82) is 0 Å². The zero-order valence-corrected chi connectivity index (χ0v) is 8.29. The summed E-state index contributed by atoms with van der Waals surface area (Å²) < 4.78 is 11.8. The minimum absolute atomic E-state index is 0.101. The maximum atomic E-state index is 12.3. The van der Waals surface area contributed by atoms with Crippen LogP contribution in [0.25, 0.3) is 0 Å². The van der Waals surface area contributed by atoms with Gasteiger partial charge in [0.1, 0.15) is 0 Å². The summed E-state index contributed by atoms with van der Waals surface area (Å²) in [6.45, 7) is 1.94. The fourth-order valence-electron chi connectivity index (χ4n) is 0.931. The van der Waals surface area contributed by atoms with Crippen molar-refractivity contribution in [1.82, 2.24) is 0 Å². The topological polar surface area (TPSA) is 0 Å². The second-order valence-electron chi connectivity index (χ2n) is 2.41. The summed E-state index contributed by atoms with van der Waals surface area (Å²) in [5.74, 6) is 0. The minimum atomic E-state index is -0.494. The van der Waals surface area contributed by atoms with Gasteiger partial charge in [-0.05, 0) is 24.7 Å². The van der Waals surface area contributed by atoms with Gasteiger partial charge in [0.25, 0.3) is 0 Å². The van der Waals surface area contributed by atoms with Gasteiger partial charge in [-0.15, -0.1) is 0 Å². The van der Waals surface area contributed by atoms with Gasteiger partial charge in [-0.2, -0.15) is 4.39 Å². The molecule has 1 rings (SSSR count). The highest BCUT2D eigenvalue weighted by Gasteiger charge is 2.07. The van der Waals surface area contributed by atoms with Crippen LogP contribution in [0.2, 0.25) is 0 Å². The lowest BCUT2D eigenvalue weighted by molar-refractivity contribution is 0.851. The van der Waals surface area contributed by atoms with Crippen LogP contribution in [0.3, 0.4) is 0 Å². The lowest BCUT2D eigenvalue weighted by Crippen LogP contribution is -1.89. The molecule has 1 unspecified atom stereocenters. The molecule has 64 valence electrons. The molecule has 1 atom stereocenters. The first-order valence-electron chi connectivity index (χ1n) is 3.61. The summed E-state index contributed by atoms with van der Waals surface area (Å²) in [7, 11) is 0. The van der Waals surface area contributed by atoms with E-state index in [1.165, 1.54) is 0 Å². The quantitative estimate of drug-likeness (QED) is 0.527. The van der Waals surface area contributed by atoms with Gasteiger partial charge in [-0.1, -0.05) is 42.1 Å². The van der Waals surface area contributed by atoms with E-state index in [1.807, 2.05) is 37.3 Å². The van der Waals surface area contributed by atoms with Gasteiger partial charge < -0.3 is 0 Å². The van der Waals surface area contributed by atoms with E-state index in [1.54, 1.807) is 0 Å². The van der Waals surface area contributed by atoms with E-state index in [9.17, 15) is 4.39 Å². The Kier molecular flexibility index (Phi) is 3.69. The maximum absolute atomic E-state index is 12.3. The number of rotatable bonds is 2. The summed E-state index contributed by atoms with van der Waals surface area (Å²) in [5.41, 5.74) is 1.10. The summed E-state index contributed by atoms with van der Waals surface area (Å²) in [4.78, 5) is 0. The molecular weight excluding hydrogens is 191 g/mol. The van der Waals surface area contributed by atoms with E-state index < -0.39 is 4.45 Å². The Labute approximate surface area is 81.2 Å². The molecule has 0 spiro atoms. The van der Waals surface area contributed by atoms with E-state index in [0.717, 1.165) is 17.3 Å². The summed E-state index contributed by atoms with van der Waals surface area (Å²) >= 11 is 5.44. The molecule has 12 heavy (non-hydrogen) atoms. The number of hydrogen-bond donors (Lipinski definition) is 0. The summed E-state index contributed by atoms with van der Waals surface area (Å²) in [6.07, 6.45) is 0. The monoisotopic (exact) mass is 200 g/mol. The third-order valence-electron chi connectivity index (χ3n) is 1.54. The molecule has 0 amide bonds. The molecule has 0 aliphatic heterocycles. The number of thiocarbonyl (C=S) groups is 1. The van der Waals surface area contributed by atoms with Crippen molar-refractivity contribution >= 4 is 28.4 Å². The zero-order chi connectivity index (χ0) is 8.97. The summed E-state index contributed by atoms with van der Waals surface area (Å²) in [6, 6.07) is 9.75.